The summed E-state index contributed by atoms with van der Waals surface area (Å²) in [7, 11) is 0. The molecule has 3 nitrogen and oxygen atoms in total. The van der Waals surface area contributed by atoms with Crippen LogP contribution in [0.15, 0.2) is 84.5 Å². The predicted molar refractivity (Wildman–Crippen MR) is 90.5 cm³/mol. The van der Waals surface area contributed by atoms with Crippen molar-refractivity contribution in [3.8, 4) is 0 Å². The lowest BCUT2D eigenvalue weighted by Crippen LogP contribution is -2.01. The van der Waals surface area contributed by atoms with Gasteiger partial charge in [-0.1, -0.05) is 72.8 Å². The number of carbonyl (C=O) groups is 1. The first-order valence-electron chi connectivity index (χ1n) is 7.45. The summed E-state index contributed by atoms with van der Waals surface area (Å²) in [5.74, 6) is -0.410. The largest absolute Gasteiger partial charge is 0.458 e. The van der Waals surface area contributed by atoms with Gasteiger partial charge in [0.2, 0.25) is 0 Å². The molecule has 0 amide bonds. The molecule has 0 spiro atoms. The van der Waals surface area contributed by atoms with Crippen molar-refractivity contribution in [1.29, 1.82) is 0 Å². The molecule has 2 rings (SSSR count). The zero-order valence-corrected chi connectivity index (χ0v) is 13.1. The Hall–Kier alpha value is -2.65. The van der Waals surface area contributed by atoms with E-state index in [1.165, 1.54) is 6.08 Å². The first kappa shape index (κ1) is 16.7. The second-order valence-electron chi connectivity index (χ2n) is 5.18. The Morgan fingerprint density at radius 2 is 1.70 bits per heavy atom. The fourth-order valence-corrected chi connectivity index (χ4v) is 2.04. The Morgan fingerprint density at radius 1 is 1.09 bits per heavy atom. The van der Waals surface area contributed by atoms with Crippen LogP contribution in [0.1, 0.15) is 24.2 Å². The number of carbonyl (C=O) groups excluding carboxylic acids is 1. The average Bonchev–Trinajstić information content (AvgIpc) is 2.61. The van der Waals surface area contributed by atoms with Crippen LogP contribution in [0.4, 0.5) is 0 Å². The molecule has 0 bridgehead atoms. The Labute approximate surface area is 136 Å². The van der Waals surface area contributed by atoms with Crippen LogP contribution in [0.25, 0.3) is 0 Å². The van der Waals surface area contributed by atoms with Crippen LogP contribution < -0.4 is 0 Å². The van der Waals surface area contributed by atoms with Crippen LogP contribution in [-0.2, 0) is 16.1 Å². The molecule has 2 aromatic carbocycles. The fourth-order valence-electron chi connectivity index (χ4n) is 2.04. The van der Waals surface area contributed by atoms with E-state index in [1.54, 1.807) is 12.2 Å². The predicted octanol–water partition coefficient (Wildman–Crippen LogP) is 3.97. The van der Waals surface area contributed by atoms with Crippen molar-refractivity contribution in [2.75, 3.05) is 0 Å². The molecule has 0 heterocycles. The number of aliphatic hydroxyl groups excluding tert-OH is 1. The zero-order chi connectivity index (χ0) is 16.5. The van der Waals surface area contributed by atoms with Gasteiger partial charge in [-0.15, -0.1) is 0 Å². The Morgan fingerprint density at radius 3 is 2.35 bits per heavy atom. The van der Waals surface area contributed by atoms with E-state index in [0.717, 1.165) is 16.7 Å². The third kappa shape index (κ3) is 5.57. The number of benzene rings is 2. The zero-order valence-electron chi connectivity index (χ0n) is 13.1. The van der Waals surface area contributed by atoms with Gasteiger partial charge in [-0.3, -0.25) is 0 Å². The SMILES string of the molecule is C/C(=C/C=C/C(=O)OCc1ccccc1)[C@H](O)c1ccccc1. The molecule has 0 aromatic heterocycles. The normalized spacial score (nSPS) is 13.0. The minimum atomic E-state index is -0.679. The number of rotatable bonds is 6. The smallest absolute Gasteiger partial charge is 0.331 e. The van der Waals surface area contributed by atoms with Gasteiger partial charge in [0.15, 0.2) is 0 Å². The standard InChI is InChI=1S/C20H20O3/c1-16(20(22)18-12-6-3-7-13-18)9-8-14-19(21)23-15-17-10-4-2-5-11-17/h2-14,20,22H,15H2,1H3/b14-8+,16-9-/t20-/m0/s1. The maximum Gasteiger partial charge on any atom is 0.331 e. The van der Waals surface area contributed by atoms with E-state index in [4.69, 9.17) is 4.74 Å². The molecular weight excluding hydrogens is 288 g/mol. The number of aliphatic hydroxyl groups is 1. The fraction of sp³-hybridized carbons (Fsp3) is 0.150. The van der Waals surface area contributed by atoms with Gasteiger partial charge in [-0.05, 0) is 23.6 Å². The third-order valence-corrected chi connectivity index (χ3v) is 3.36. The summed E-state index contributed by atoms with van der Waals surface area (Å²) >= 11 is 0. The van der Waals surface area contributed by atoms with E-state index < -0.39 is 12.1 Å². The second kappa shape index (κ2) is 8.71. The minimum absolute atomic E-state index is 0.249. The molecule has 0 fully saturated rings. The summed E-state index contributed by atoms with van der Waals surface area (Å²) in [4.78, 5) is 11.6. The molecule has 0 aliphatic rings. The van der Waals surface area contributed by atoms with Crippen LogP contribution in [-0.4, -0.2) is 11.1 Å². The molecule has 0 radical (unpaired) electrons. The molecule has 0 saturated heterocycles. The molecule has 1 N–H and O–H groups in total. The van der Waals surface area contributed by atoms with Gasteiger partial charge in [0.05, 0.1) is 0 Å². The van der Waals surface area contributed by atoms with Gasteiger partial charge in [0.25, 0.3) is 0 Å². The summed E-state index contributed by atoms with van der Waals surface area (Å²) in [6.07, 6.45) is 3.97. The highest BCUT2D eigenvalue weighted by Crippen LogP contribution is 2.20. The summed E-state index contributed by atoms with van der Waals surface area (Å²) in [6.45, 7) is 2.07. The van der Waals surface area contributed by atoms with Gasteiger partial charge in [0.1, 0.15) is 12.7 Å². The maximum absolute atomic E-state index is 11.6. The third-order valence-electron chi connectivity index (χ3n) is 3.36. The summed E-state index contributed by atoms with van der Waals surface area (Å²) in [5.41, 5.74) is 2.52. The van der Waals surface area contributed by atoms with E-state index in [-0.39, 0.29) is 6.61 Å². The van der Waals surface area contributed by atoms with Crippen molar-refractivity contribution >= 4 is 5.97 Å². The lowest BCUT2D eigenvalue weighted by Gasteiger charge is -2.10. The number of allylic oxidation sites excluding steroid dienone is 2. The highest BCUT2D eigenvalue weighted by atomic mass is 16.5. The highest BCUT2D eigenvalue weighted by Gasteiger charge is 2.07. The van der Waals surface area contributed by atoms with Crippen molar-refractivity contribution in [2.24, 2.45) is 0 Å². The summed E-state index contributed by atoms with van der Waals surface area (Å²) in [6, 6.07) is 18.9. The van der Waals surface area contributed by atoms with Gasteiger partial charge in [0, 0.05) is 6.08 Å². The Balaban J connectivity index is 1.85. The van der Waals surface area contributed by atoms with Crippen molar-refractivity contribution < 1.29 is 14.6 Å². The van der Waals surface area contributed by atoms with Gasteiger partial charge in [-0.25, -0.2) is 4.79 Å². The van der Waals surface area contributed by atoms with Crippen LogP contribution in [0, 0.1) is 0 Å². The van der Waals surface area contributed by atoms with Gasteiger partial charge in [-0.2, -0.15) is 0 Å². The Kier molecular flexibility index (Phi) is 6.33. The van der Waals surface area contributed by atoms with Crippen LogP contribution in [0.2, 0.25) is 0 Å². The Bertz CT molecular complexity index is 673. The molecule has 23 heavy (non-hydrogen) atoms. The van der Waals surface area contributed by atoms with E-state index in [9.17, 15) is 9.90 Å². The van der Waals surface area contributed by atoms with Crippen molar-refractivity contribution in [3.63, 3.8) is 0 Å². The first-order valence-corrected chi connectivity index (χ1v) is 7.45. The number of esters is 1. The van der Waals surface area contributed by atoms with Crippen LogP contribution in [0.5, 0.6) is 0 Å². The number of hydrogen-bond donors (Lipinski definition) is 1. The van der Waals surface area contributed by atoms with Crippen molar-refractivity contribution in [1.82, 2.24) is 0 Å². The number of ether oxygens (including phenoxy) is 1. The second-order valence-corrected chi connectivity index (χ2v) is 5.18. The monoisotopic (exact) mass is 308 g/mol. The molecule has 118 valence electrons. The lowest BCUT2D eigenvalue weighted by molar-refractivity contribution is -0.139. The van der Waals surface area contributed by atoms with E-state index >= 15 is 0 Å². The highest BCUT2D eigenvalue weighted by molar-refractivity contribution is 5.82. The molecular formula is C20H20O3. The minimum Gasteiger partial charge on any atom is -0.458 e. The molecule has 1 atom stereocenters. The topological polar surface area (TPSA) is 46.5 Å². The quantitative estimate of drug-likeness (QED) is 0.499. The van der Waals surface area contributed by atoms with E-state index in [0.29, 0.717) is 0 Å². The van der Waals surface area contributed by atoms with Gasteiger partial charge >= 0.3 is 5.97 Å². The van der Waals surface area contributed by atoms with E-state index in [2.05, 4.69) is 0 Å². The number of hydrogen-bond acceptors (Lipinski definition) is 3. The molecule has 2 aromatic rings. The van der Waals surface area contributed by atoms with Crippen LogP contribution in [0.3, 0.4) is 0 Å². The molecule has 0 saturated carbocycles. The van der Waals surface area contributed by atoms with Crippen LogP contribution >= 0.6 is 0 Å². The molecule has 3 heteroatoms. The molecule has 0 aliphatic heterocycles. The summed E-state index contributed by atoms with van der Waals surface area (Å²) < 4.78 is 5.14. The van der Waals surface area contributed by atoms with E-state index in [1.807, 2.05) is 67.6 Å². The molecule has 0 unspecified atom stereocenters. The molecule has 0 aliphatic carbocycles. The van der Waals surface area contributed by atoms with Crippen molar-refractivity contribution in [3.05, 3.63) is 95.6 Å². The summed E-state index contributed by atoms with van der Waals surface area (Å²) in [5, 5.41) is 10.2. The van der Waals surface area contributed by atoms with Gasteiger partial charge < -0.3 is 9.84 Å². The average molecular weight is 308 g/mol. The van der Waals surface area contributed by atoms with Crippen molar-refractivity contribution in [2.45, 2.75) is 19.6 Å². The first-order chi connectivity index (χ1) is 11.2. The lowest BCUT2D eigenvalue weighted by atomic mass is 10.0. The maximum atomic E-state index is 11.6.